The van der Waals surface area contributed by atoms with E-state index in [2.05, 4.69) is 12.2 Å². The van der Waals surface area contributed by atoms with Crippen LogP contribution in [0.4, 0.5) is 0 Å². The molecule has 0 saturated heterocycles. The first-order chi connectivity index (χ1) is 9.76. The molecule has 3 heteroatoms. The van der Waals surface area contributed by atoms with E-state index in [0.29, 0.717) is 13.0 Å². The SMILES string of the molecule is CCCCCCCCNC(=O)Cc1ccc(CN)cc1. The Kier molecular flexibility index (Phi) is 8.72. The van der Waals surface area contributed by atoms with E-state index in [-0.39, 0.29) is 5.91 Å². The van der Waals surface area contributed by atoms with Crippen LogP contribution >= 0.6 is 0 Å². The van der Waals surface area contributed by atoms with Crippen LogP contribution in [0.15, 0.2) is 24.3 Å². The number of nitrogens with one attached hydrogen (secondary N) is 1. The van der Waals surface area contributed by atoms with Crippen LogP contribution in [0.2, 0.25) is 0 Å². The third-order valence-corrected chi connectivity index (χ3v) is 3.48. The van der Waals surface area contributed by atoms with Crippen LogP contribution in [-0.2, 0) is 17.8 Å². The molecule has 112 valence electrons. The molecule has 20 heavy (non-hydrogen) atoms. The first-order valence-corrected chi connectivity index (χ1v) is 7.81. The second-order valence-corrected chi connectivity index (χ2v) is 5.32. The third kappa shape index (κ3) is 7.29. The van der Waals surface area contributed by atoms with Crippen molar-refractivity contribution in [2.24, 2.45) is 5.73 Å². The second kappa shape index (κ2) is 10.4. The largest absolute Gasteiger partial charge is 0.356 e. The van der Waals surface area contributed by atoms with Crippen molar-refractivity contribution in [3.8, 4) is 0 Å². The van der Waals surface area contributed by atoms with E-state index in [1.165, 1.54) is 32.1 Å². The molecule has 0 aliphatic rings. The summed E-state index contributed by atoms with van der Waals surface area (Å²) >= 11 is 0. The topological polar surface area (TPSA) is 55.1 Å². The lowest BCUT2D eigenvalue weighted by Crippen LogP contribution is -2.26. The van der Waals surface area contributed by atoms with Crippen LogP contribution in [0, 0.1) is 0 Å². The smallest absolute Gasteiger partial charge is 0.224 e. The van der Waals surface area contributed by atoms with Gasteiger partial charge in [-0.25, -0.2) is 0 Å². The van der Waals surface area contributed by atoms with Gasteiger partial charge in [0, 0.05) is 13.1 Å². The first-order valence-electron chi connectivity index (χ1n) is 7.81. The summed E-state index contributed by atoms with van der Waals surface area (Å²) in [5.41, 5.74) is 7.69. The Hall–Kier alpha value is -1.35. The molecule has 0 bridgehead atoms. The Morgan fingerprint density at radius 2 is 1.60 bits per heavy atom. The minimum atomic E-state index is 0.110. The number of nitrogens with two attached hydrogens (primary N) is 1. The molecule has 0 aliphatic carbocycles. The molecule has 0 unspecified atom stereocenters. The maximum atomic E-state index is 11.8. The molecule has 0 atom stereocenters. The second-order valence-electron chi connectivity index (χ2n) is 5.32. The monoisotopic (exact) mass is 276 g/mol. The highest BCUT2D eigenvalue weighted by atomic mass is 16.1. The molecule has 1 aromatic rings. The highest BCUT2D eigenvalue weighted by Gasteiger charge is 2.02. The molecule has 1 rings (SSSR count). The summed E-state index contributed by atoms with van der Waals surface area (Å²) in [6.07, 6.45) is 7.96. The van der Waals surface area contributed by atoms with Gasteiger partial charge in [-0.1, -0.05) is 63.3 Å². The van der Waals surface area contributed by atoms with E-state index >= 15 is 0 Å². The van der Waals surface area contributed by atoms with Crippen molar-refractivity contribution in [2.75, 3.05) is 6.54 Å². The number of benzene rings is 1. The zero-order valence-electron chi connectivity index (χ0n) is 12.7. The number of amides is 1. The number of carbonyl (C=O) groups excluding carboxylic acids is 1. The fourth-order valence-corrected chi connectivity index (χ4v) is 2.17. The Morgan fingerprint density at radius 3 is 2.25 bits per heavy atom. The maximum absolute atomic E-state index is 11.8. The van der Waals surface area contributed by atoms with E-state index < -0.39 is 0 Å². The summed E-state index contributed by atoms with van der Waals surface area (Å²) < 4.78 is 0. The molecule has 0 radical (unpaired) electrons. The zero-order valence-corrected chi connectivity index (χ0v) is 12.7. The normalized spacial score (nSPS) is 10.5. The van der Waals surface area contributed by atoms with Crippen molar-refractivity contribution >= 4 is 5.91 Å². The Bertz CT molecular complexity index is 373. The average molecular weight is 276 g/mol. The summed E-state index contributed by atoms with van der Waals surface area (Å²) in [7, 11) is 0. The van der Waals surface area contributed by atoms with Crippen molar-refractivity contribution < 1.29 is 4.79 Å². The van der Waals surface area contributed by atoms with Crippen molar-refractivity contribution in [1.82, 2.24) is 5.32 Å². The quantitative estimate of drug-likeness (QED) is 0.645. The molecule has 1 amide bonds. The minimum absolute atomic E-state index is 0.110. The van der Waals surface area contributed by atoms with Crippen LogP contribution in [-0.4, -0.2) is 12.5 Å². The van der Waals surface area contributed by atoms with Gasteiger partial charge in [0.15, 0.2) is 0 Å². The Labute approximate surface area is 122 Å². The van der Waals surface area contributed by atoms with Crippen LogP contribution in [0.3, 0.4) is 0 Å². The molecular weight excluding hydrogens is 248 g/mol. The lowest BCUT2D eigenvalue weighted by molar-refractivity contribution is -0.120. The molecular formula is C17H28N2O. The Morgan fingerprint density at radius 1 is 1.00 bits per heavy atom. The molecule has 0 fully saturated rings. The molecule has 0 saturated carbocycles. The molecule has 3 nitrogen and oxygen atoms in total. The van der Waals surface area contributed by atoms with Gasteiger partial charge in [0.25, 0.3) is 0 Å². The summed E-state index contributed by atoms with van der Waals surface area (Å²) in [6, 6.07) is 7.92. The van der Waals surface area contributed by atoms with Gasteiger partial charge in [-0.2, -0.15) is 0 Å². The number of hydrogen-bond acceptors (Lipinski definition) is 2. The lowest BCUT2D eigenvalue weighted by atomic mass is 10.1. The molecule has 3 N–H and O–H groups in total. The fourth-order valence-electron chi connectivity index (χ4n) is 2.17. The van der Waals surface area contributed by atoms with Gasteiger partial charge in [0.05, 0.1) is 6.42 Å². The van der Waals surface area contributed by atoms with Gasteiger partial charge in [-0.15, -0.1) is 0 Å². The van der Waals surface area contributed by atoms with Crippen molar-refractivity contribution in [3.05, 3.63) is 35.4 Å². The van der Waals surface area contributed by atoms with Gasteiger partial charge < -0.3 is 11.1 Å². The fraction of sp³-hybridized carbons (Fsp3) is 0.588. The van der Waals surface area contributed by atoms with Crippen molar-refractivity contribution in [3.63, 3.8) is 0 Å². The van der Waals surface area contributed by atoms with Crippen LogP contribution in [0.25, 0.3) is 0 Å². The van der Waals surface area contributed by atoms with E-state index in [1.807, 2.05) is 24.3 Å². The number of rotatable bonds is 10. The van der Waals surface area contributed by atoms with Crippen molar-refractivity contribution in [1.29, 1.82) is 0 Å². The highest BCUT2D eigenvalue weighted by Crippen LogP contribution is 2.05. The van der Waals surface area contributed by atoms with Gasteiger partial charge in [-0.05, 0) is 17.5 Å². The predicted octanol–water partition coefficient (Wildman–Crippen LogP) is 3.16. The molecule has 0 aromatic heterocycles. The van der Waals surface area contributed by atoms with E-state index in [4.69, 9.17) is 5.73 Å². The maximum Gasteiger partial charge on any atom is 0.224 e. The van der Waals surface area contributed by atoms with Gasteiger partial charge >= 0.3 is 0 Å². The Balaban J connectivity index is 2.10. The van der Waals surface area contributed by atoms with Gasteiger partial charge in [-0.3, -0.25) is 4.79 Å². The molecule has 0 aliphatic heterocycles. The van der Waals surface area contributed by atoms with Gasteiger partial charge in [0.1, 0.15) is 0 Å². The van der Waals surface area contributed by atoms with Crippen LogP contribution in [0.1, 0.15) is 56.6 Å². The molecule has 0 spiro atoms. The van der Waals surface area contributed by atoms with Crippen LogP contribution < -0.4 is 11.1 Å². The number of unbranched alkanes of at least 4 members (excludes halogenated alkanes) is 5. The summed E-state index contributed by atoms with van der Waals surface area (Å²) in [5, 5.41) is 2.99. The van der Waals surface area contributed by atoms with Crippen LogP contribution in [0.5, 0.6) is 0 Å². The van der Waals surface area contributed by atoms with E-state index in [0.717, 1.165) is 24.1 Å². The number of carbonyl (C=O) groups is 1. The van der Waals surface area contributed by atoms with Crippen molar-refractivity contribution in [2.45, 2.75) is 58.4 Å². The van der Waals surface area contributed by atoms with E-state index in [9.17, 15) is 4.79 Å². The first kappa shape index (κ1) is 16.7. The average Bonchev–Trinajstić information content (AvgIpc) is 2.47. The lowest BCUT2D eigenvalue weighted by Gasteiger charge is -2.06. The summed E-state index contributed by atoms with van der Waals surface area (Å²) in [5.74, 6) is 0.110. The predicted molar refractivity (Wildman–Crippen MR) is 84.4 cm³/mol. The molecule has 0 heterocycles. The minimum Gasteiger partial charge on any atom is -0.356 e. The number of hydrogen-bond donors (Lipinski definition) is 2. The standard InChI is InChI=1S/C17H28N2O/c1-2-3-4-5-6-7-12-19-17(20)13-15-8-10-16(14-18)11-9-15/h8-11H,2-7,12-14,18H2,1H3,(H,19,20). The molecule has 1 aromatic carbocycles. The zero-order chi connectivity index (χ0) is 14.6. The third-order valence-electron chi connectivity index (χ3n) is 3.48. The van der Waals surface area contributed by atoms with E-state index in [1.54, 1.807) is 0 Å². The summed E-state index contributed by atoms with van der Waals surface area (Å²) in [4.78, 5) is 11.8. The van der Waals surface area contributed by atoms with Gasteiger partial charge in [0.2, 0.25) is 5.91 Å². The highest BCUT2D eigenvalue weighted by molar-refractivity contribution is 5.78. The summed E-state index contributed by atoms with van der Waals surface area (Å²) in [6.45, 7) is 3.57.